The van der Waals surface area contributed by atoms with Gasteiger partial charge in [-0.15, -0.1) is 0 Å². The second-order valence-corrected chi connectivity index (χ2v) is 6.16. The first-order chi connectivity index (χ1) is 15.9. The van der Waals surface area contributed by atoms with E-state index in [2.05, 4.69) is 29.2 Å². The molecule has 1 aromatic carbocycles. The molecular formula is C21H22N4O8. The van der Waals surface area contributed by atoms with Crippen LogP contribution in [0.15, 0.2) is 42.9 Å². The van der Waals surface area contributed by atoms with Crippen molar-refractivity contribution in [1.29, 1.82) is 0 Å². The van der Waals surface area contributed by atoms with Gasteiger partial charge in [0.25, 0.3) is 0 Å². The number of rotatable bonds is 6. The number of imidazole rings is 2. The SMILES string of the molecule is COC(=O)c1c[nH]c(C(=O)OC)n1.COC(=O)c1ncn(Cc2ccccc2)c1C(=O)OC. The molecule has 12 nitrogen and oxygen atoms in total. The Kier molecular flexibility index (Phi) is 8.85. The standard InChI is InChI=1S/C14H14N2O4.C7H8N2O4/c1-19-13(17)11-12(14(18)20-2)16(9-15-11)8-10-6-4-3-5-7-10;1-12-6(10)4-3-8-5(9-4)7(11)13-2/h3-7,9H,8H2,1-2H3;3H,1-2H3,(H,8,9). The molecule has 33 heavy (non-hydrogen) atoms. The summed E-state index contributed by atoms with van der Waals surface area (Å²) < 4.78 is 19.6. The van der Waals surface area contributed by atoms with Crippen LogP contribution in [-0.2, 0) is 25.5 Å². The van der Waals surface area contributed by atoms with Crippen molar-refractivity contribution in [2.24, 2.45) is 0 Å². The zero-order valence-corrected chi connectivity index (χ0v) is 18.4. The summed E-state index contributed by atoms with van der Waals surface area (Å²) in [6, 6.07) is 9.52. The fourth-order valence-corrected chi connectivity index (χ4v) is 2.57. The molecule has 3 rings (SSSR count). The van der Waals surface area contributed by atoms with E-state index in [1.165, 1.54) is 41.0 Å². The molecule has 0 bridgehead atoms. The minimum atomic E-state index is -0.669. The molecule has 0 aliphatic rings. The number of H-pyrrole nitrogens is 1. The van der Waals surface area contributed by atoms with E-state index in [4.69, 9.17) is 4.74 Å². The molecule has 2 aromatic heterocycles. The Hall–Kier alpha value is -4.48. The van der Waals surface area contributed by atoms with Crippen molar-refractivity contribution in [2.45, 2.75) is 6.54 Å². The summed E-state index contributed by atoms with van der Waals surface area (Å²) in [5, 5.41) is 0. The lowest BCUT2D eigenvalue weighted by atomic mass is 10.2. The first-order valence-corrected chi connectivity index (χ1v) is 9.33. The van der Waals surface area contributed by atoms with Gasteiger partial charge in [0, 0.05) is 12.7 Å². The predicted octanol–water partition coefficient (Wildman–Crippen LogP) is 1.49. The van der Waals surface area contributed by atoms with Gasteiger partial charge in [-0.25, -0.2) is 29.1 Å². The lowest BCUT2D eigenvalue weighted by molar-refractivity contribution is 0.0544. The van der Waals surface area contributed by atoms with Gasteiger partial charge in [-0.3, -0.25) is 0 Å². The first kappa shape index (κ1) is 24.8. The van der Waals surface area contributed by atoms with Gasteiger partial charge < -0.3 is 28.5 Å². The molecule has 0 amide bonds. The van der Waals surface area contributed by atoms with Gasteiger partial charge >= 0.3 is 23.9 Å². The molecule has 0 saturated heterocycles. The van der Waals surface area contributed by atoms with E-state index in [0.717, 1.165) is 5.56 Å². The number of ether oxygens (including phenoxy) is 4. The number of benzene rings is 1. The quantitative estimate of drug-likeness (QED) is 0.425. The highest BCUT2D eigenvalue weighted by molar-refractivity contribution is 6.00. The highest BCUT2D eigenvalue weighted by Gasteiger charge is 2.25. The lowest BCUT2D eigenvalue weighted by Crippen LogP contribution is -2.16. The maximum atomic E-state index is 11.8. The number of esters is 4. The number of nitrogens with one attached hydrogen (secondary N) is 1. The summed E-state index contributed by atoms with van der Waals surface area (Å²) in [7, 11) is 4.94. The smallest absolute Gasteiger partial charge is 0.374 e. The minimum absolute atomic E-state index is 0.0251. The molecular weight excluding hydrogens is 436 g/mol. The topological polar surface area (TPSA) is 152 Å². The number of carbonyl (C=O) groups excluding carboxylic acids is 4. The highest BCUT2D eigenvalue weighted by Crippen LogP contribution is 2.13. The number of aromatic nitrogens is 4. The minimum Gasteiger partial charge on any atom is -0.464 e. The molecule has 0 fully saturated rings. The molecule has 0 aliphatic carbocycles. The third kappa shape index (κ3) is 6.26. The summed E-state index contributed by atoms with van der Waals surface area (Å²) in [6.07, 6.45) is 2.70. The molecule has 0 saturated carbocycles. The molecule has 3 aromatic rings. The van der Waals surface area contributed by atoms with Crippen molar-refractivity contribution in [3.8, 4) is 0 Å². The molecule has 0 aliphatic heterocycles. The van der Waals surface area contributed by atoms with Gasteiger partial charge in [-0.1, -0.05) is 30.3 Å². The van der Waals surface area contributed by atoms with Crippen molar-refractivity contribution in [1.82, 2.24) is 19.5 Å². The Bertz CT molecular complexity index is 1090. The summed E-state index contributed by atoms with van der Waals surface area (Å²) in [6.45, 7) is 0.412. The van der Waals surface area contributed by atoms with E-state index >= 15 is 0 Å². The number of nitrogens with zero attached hydrogens (tertiary/aromatic N) is 3. The maximum absolute atomic E-state index is 11.8. The zero-order chi connectivity index (χ0) is 24.4. The third-order valence-electron chi connectivity index (χ3n) is 4.14. The summed E-state index contributed by atoms with van der Waals surface area (Å²) >= 11 is 0. The van der Waals surface area contributed by atoms with Gasteiger partial charge in [0.05, 0.1) is 34.8 Å². The fraction of sp³-hybridized carbons (Fsp3) is 0.238. The van der Waals surface area contributed by atoms with Gasteiger partial charge in [0.15, 0.2) is 17.1 Å². The van der Waals surface area contributed by atoms with Crippen LogP contribution in [0.3, 0.4) is 0 Å². The molecule has 174 valence electrons. The van der Waals surface area contributed by atoms with Crippen molar-refractivity contribution in [2.75, 3.05) is 28.4 Å². The number of aromatic amines is 1. The van der Waals surface area contributed by atoms with E-state index in [-0.39, 0.29) is 22.9 Å². The Labute approximate surface area is 188 Å². The Morgan fingerprint density at radius 3 is 2.03 bits per heavy atom. The number of carbonyl (C=O) groups is 4. The van der Waals surface area contributed by atoms with Crippen molar-refractivity contribution in [3.63, 3.8) is 0 Å². The van der Waals surface area contributed by atoms with Gasteiger partial charge in [0.1, 0.15) is 0 Å². The van der Waals surface area contributed by atoms with E-state index < -0.39 is 23.9 Å². The van der Waals surface area contributed by atoms with Crippen LogP contribution < -0.4 is 0 Å². The van der Waals surface area contributed by atoms with Gasteiger partial charge in [0.2, 0.25) is 5.82 Å². The van der Waals surface area contributed by atoms with Crippen molar-refractivity contribution in [3.05, 3.63) is 71.3 Å². The van der Waals surface area contributed by atoms with Crippen molar-refractivity contribution >= 4 is 23.9 Å². The molecule has 2 heterocycles. The molecule has 0 spiro atoms. The number of methoxy groups -OCH3 is 4. The molecule has 0 unspecified atom stereocenters. The van der Waals surface area contributed by atoms with E-state index in [1.807, 2.05) is 30.3 Å². The fourth-order valence-electron chi connectivity index (χ4n) is 2.57. The van der Waals surface area contributed by atoms with Crippen LogP contribution in [0, 0.1) is 0 Å². The zero-order valence-electron chi connectivity index (χ0n) is 18.4. The lowest BCUT2D eigenvalue weighted by Gasteiger charge is -2.07. The van der Waals surface area contributed by atoms with Crippen LogP contribution in [0.2, 0.25) is 0 Å². The largest absolute Gasteiger partial charge is 0.464 e. The predicted molar refractivity (Wildman–Crippen MR) is 112 cm³/mol. The van der Waals surface area contributed by atoms with Crippen LogP contribution in [0.1, 0.15) is 47.6 Å². The molecule has 12 heteroatoms. The highest BCUT2D eigenvalue weighted by atomic mass is 16.5. The van der Waals surface area contributed by atoms with E-state index in [0.29, 0.717) is 6.54 Å². The van der Waals surface area contributed by atoms with Crippen LogP contribution in [-0.4, -0.2) is 71.8 Å². The molecule has 0 radical (unpaired) electrons. The summed E-state index contributed by atoms with van der Waals surface area (Å²) in [5.41, 5.74) is 1.06. The van der Waals surface area contributed by atoms with Gasteiger partial charge in [-0.05, 0) is 5.56 Å². The summed E-state index contributed by atoms with van der Waals surface area (Å²) in [4.78, 5) is 55.3. The average molecular weight is 458 g/mol. The molecule has 1 N–H and O–H groups in total. The van der Waals surface area contributed by atoms with E-state index in [9.17, 15) is 19.2 Å². The van der Waals surface area contributed by atoms with Gasteiger partial charge in [-0.2, -0.15) is 0 Å². The van der Waals surface area contributed by atoms with Crippen molar-refractivity contribution < 1.29 is 38.1 Å². The van der Waals surface area contributed by atoms with E-state index in [1.54, 1.807) is 4.57 Å². The van der Waals surface area contributed by atoms with Crippen LogP contribution in [0.4, 0.5) is 0 Å². The Morgan fingerprint density at radius 1 is 0.848 bits per heavy atom. The number of hydrogen-bond donors (Lipinski definition) is 1. The maximum Gasteiger partial charge on any atom is 0.374 e. The Balaban J connectivity index is 0.000000257. The third-order valence-corrected chi connectivity index (χ3v) is 4.14. The van der Waals surface area contributed by atoms with Crippen LogP contribution in [0.5, 0.6) is 0 Å². The Morgan fingerprint density at radius 2 is 1.45 bits per heavy atom. The van der Waals surface area contributed by atoms with Crippen LogP contribution >= 0.6 is 0 Å². The monoisotopic (exact) mass is 458 g/mol. The average Bonchev–Trinajstić information content (AvgIpc) is 3.51. The second kappa shape index (κ2) is 11.8. The second-order valence-electron chi connectivity index (χ2n) is 6.16. The number of hydrogen-bond acceptors (Lipinski definition) is 10. The van der Waals surface area contributed by atoms with Crippen LogP contribution in [0.25, 0.3) is 0 Å². The molecule has 0 atom stereocenters. The summed E-state index contributed by atoms with van der Waals surface area (Å²) in [5.74, 6) is -2.56. The first-order valence-electron chi connectivity index (χ1n) is 9.33. The normalized spacial score (nSPS) is 9.82.